The molecule has 0 radical (unpaired) electrons. The van der Waals surface area contributed by atoms with Crippen LogP contribution < -0.4 is 0 Å². The second-order valence-electron chi connectivity index (χ2n) is 5.79. The average molecular weight is 307 g/mol. The largest absolute Gasteiger partial charge is 0.338 e. The number of carbonyl (C=O) groups is 1. The van der Waals surface area contributed by atoms with Crippen molar-refractivity contribution in [2.24, 2.45) is 0 Å². The Hall–Kier alpha value is -2.13. The van der Waals surface area contributed by atoms with Crippen LogP contribution in [-0.4, -0.2) is 23.9 Å². The molecule has 2 aromatic carbocycles. The number of thiophene rings is 1. The zero-order chi connectivity index (χ0) is 14.9. The molecule has 1 unspecified atom stereocenters. The molecule has 4 rings (SSSR count). The first-order valence-corrected chi connectivity index (χ1v) is 8.51. The maximum atomic E-state index is 12.8. The summed E-state index contributed by atoms with van der Waals surface area (Å²) in [5.74, 6) is 0.644. The van der Waals surface area contributed by atoms with E-state index in [4.69, 9.17) is 0 Å². The number of carbonyl (C=O) groups excluding carboxylic acids is 1. The SMILES string of the molecule is O=C(c1csc2ccccc12)N1CCC(c2ccccc2)C1. The lowest BCUT2D eigenvalue weighted by atomic mass is 9.99. The Kier molecular flexibility index (Phi) is 3.43. The van der Waals surface area contributed by atoms with Gasteiger partial charge in [-0.25, -0.2) is 0 Å². The number of amides is 1. The molecule has 3 aromatic rings. The summed E-state index contributed by atoms with van der Waals surface area (Å²) in [6, 6.07) is 18.7. The number of likely N-dealkylation sites (tertiary alicyclic amines) is 1. The van der Waals surface area contributed by atoms with E-state index in [0.29, 0.717) is 5.92 Å². The Morgan fingerprint density at radius 2 is 1.82 bits per heavy atom. The fourth-order valence-electron chi connectivity index (χ4n) is 3.26. The van der Waals surface area contributed by atoms with Gasteiger partial charge in [0.1, 0.15) is 0 Å². The summed E-state index contributed by atoms with van der Waals surface area (Å²) >= 11 is 1.65. The van der Waals surface area contributed by atoms with Crippen LogP contribution in [0.25, 0.3) is 10.1 Å². The molecule has 1 fully saturated rings. The fraction of sp³-hybridized carbons (Fsp3) is 0.211. The highest BCUT2D eigenvalue weighted by atomic mass is 32.1. The molecule has 22 heavy (non-hydrogen) atoms. The zero-order valence-corrected chi connectivity index (χ0v) is 13.1. The van der Waals surface area contributed by atoms with Crippen molar-refractivity contribution in [3.63, 3.8) is 0 Å². The van der Waals surface area contributed by atoms with Gasteiger partial charge in [-0.3, -0.25) is 4.79 Å². The number of hydrogen-bond donors (Lipinski definition) is 0. The molecular weight excluding hydrogens is 290 g/mol. The number of fused-ring (bicyclic) bond motifs is 1. The predicted octanol–water partition coefficient (Wildman–Crippen LogP) is 4.53. The van der Waals surface area contributed by atoms with Crippen molar-refractivity contribution >= 4 is 27.3 Å². The molecule has 0 spiro atoms. The summed E-state index contributed by atoms with van der Waals surface area (Å²) in [6.45, 7) is 1.68. The van der Waals surface area contributed by atoms with Crippen LogP contribution >= 0.6 is 11.3 Å². The van der Waals surface area contributed by atoms with Crippen molar-refractivity contribution in [1.29, 1.82) is 0 Å². The molecule has 110 valence electrons. The van der Waals surface area contributed by atoms with E-state index in [2.05, 4.69) is 30.3 Å². The first-order chi connectivity index (χ1) is 10.8. The van der Waals surface area contributed by atoms with Crippen LogP contribution in [-0.2, 0) is 0 Å². The fourth-order valence-corrected chi connectivity index (χ4v) is 4.19. The lowest BCUT2D eigenvalue weighted by Crippen LogP contribution is -2.28. The standard InChI is InChI=1S/C19H17NOS/c21-19(17-13-22-18-9-5-4-8-16(17)18)20-11-10-15(12-20)14-6-2-1-3-7-14/h1-9,13,15H,10-12H2. The molecule has 2 heterocycles. The molecule has 3 heteroatoms. The van der Waals surface area contributed by atoms with Gasteiger partial charge in [0.25, 0.3) is 5.91 Å². The van der Waals surface area contributed by atoms with E-state index in [0.717, 1.165) is 30.5 Å². The van der Waals surface area contributed by atoms with E-state index in [-0.39, 0.29) is 5.91 Å². The second-order valence-corrected chi connectivity index (χ2v) is 6.70. The van der Waals surface area contributed by atoms with Crippen molar-refractivity contribution in [2.75, 3.05) is 13.1 Å². The summed E-state index contributed by atoms with van der Waals surface area (Å²) in [4.78, 5) is 14.8. The van der Waals surface area contributed by atoms with Crippen LogP contribution in [0, 0.1) is 0 Å². The molecule has 0 aliphatic carbocycles. The van der Waals surface area contributed by atoms with Gasteiger partial charge in [-0.05, 0) is 18.1 Å². The van der Waals surface area contributed by atoms with Crippen molar-refractivity contribution in [3.05, 3.63) is 71.1 Å². The van der Waals surface area contributed by atoms with Gasteiger partial charge < -0.3 is 4.90 Å². The molecule has 1 atom stereocenters. The van der Waals surface area contributed by atoms with Crippen LogP contribution in [0.4, 0.5) is 0 Å². The van der Waals surface area contributed by atoms with Gasteiger partial charge in [0, 0.05) is 34.5 Å². The molecule has 1 amide bonds. The molecule has 1 saturated heterocycles. The summed E-state index contributed by atoms with van der Waals surface area (Å²) in [5.41, 5.74) is 2.20. The molecular formula is C19H17NOS. The number of benzene rings is 2. The Morgan fingerprint density at radius 3 is 2.68 bits per heavy atom. The van der Waals surface area contributed by atoms with Crippen LogP contribution in [0.3, 0.4) is 0 Å². The lowest BCUT2D eigenvalue weighted by molar-refractivity contribution is 0.0793. The van der Waals surface area contributed by atoms with Crippen molar-refractivity contribution in [2.45, 2.75) is 12.3 Å². The maximum Gasteiger partial charge on any atom is 0.255 e. The highest BCUT2D eigenvalue weighted by Crippen LogP contribution is 2.31. The normalized spacial score (nSPS) is 18.0. The van der Waals surface area contributed by atoms with Crippen molar-refractivity contribution < 1.29 is 4.79 Å². The van der Waals surface area contributed by atoms with E-state index in [1.807, 2.05) is 34.5 Å². The van der Waals surface area contributed by atoms with E-state index in [1.54, 1.807) is 11.3 Å². The third-order valence-corrected chi connectivity index (χ3v) is 5.42. The minimum Gasteiger partial charge on any atom is -0.338 e. The molecule has 1 aromatic heterocycles. The van der Waals surface area contributed by atoms with Gasteiger partial charge in [0.05, 0.1) is 5.56 Å². The third kappa shape index (κ3) is 2.32. The molecule has 2 nitrogen and oxygen atoms in total. The van der Waals surface area contributed by atoms with Crippen LogP contribution in [0.15, 0.2) is 60.0 Å². The Morgan fingerprint density at radius 1 is 1.05 bits per heavy atom. The van der Waals surface area contributed by atoms with Gasteiger partial charge in [-0.1, -0.05) is 48.5 Å². The Balaban J connectivity index is 1.57. The predicted molar refractivity (Wildman–Crippen MR) is 91.5 cm³/mol. The second kappa shape index (κ2) is 5.58. The first kappa shape index (κ1) is 13.5. The van der Waals surface area contributed by atoms with Crippen molar-refractivity contribution in [1.82, 2.24) is 4.90 Å². The monoisotopic (exact) mass is 307 g/mol. The molecule has 1 aliphatic heterocycles. The first-order valence-electron chi connectivity index (χ1n) is 7.63. The maximum absolute atomic E-state index is 12.8. The smallest absolute Gasteiger partial charge is 0.255 e. The highest BCUT2D eigenvalue weighted by molar-refractivity contribution is 7.17. The zero-order valence-electron chi connectivity index (χ0n) is 12.2. The summed E-state index contributed by atoms with van der Waals surface area (Å²) in [6.07, 6.45) is 1.05. The number of hydrogen-bond acceptors (Lipinski definition) is 2. The Bertz CT molecular complexity index is 808. The van der Waals surface area contributed by atoms with E-state index in [1.165, 1.54) is 10.3 Å². The summed E-state index contributed by atoms with van der Waals surface area (Å²) in [7, 11) is 0. The van der Waals surface area contributed by atoms with Crippen LogP contribution in [0.1, 0.15) is 28.3 Å². The molecule has 1 aliphatic rings. The van der Waals surface area contributed by atoms with Gasteiger partial charge in [0.2, 0.25) is 0 Å². The molecule has 0 bridgehead atoms. The lowest BCUT2D eigenvalue weighted by Gasteiger charge is -2.16. The van der Waals surface area contributed by atoms with E-state index >= 15 is 0 Å². The van der Waals surface area contributed by atoms with Crippen LogP contribution in [0.5, 0.6) is 0 Å². The highest BCUT2D eigenvalue weighted by Gasteiger charge is 2.28. The Labute approximate surface area is 134 Å². The minimum absolute atomic E-state index is 0.177. The summed E-state index contributed by atoms with van der Waals surface area (Å²) in [5, 5.41) is 3.09. The van der Waals surface area contributed by atoms with E-state index < -0.39 is 0 Å². The van der Waals surface area contributed by atoms with E-state index in [9.17, 15) is 4.79 Å². The third-order valence-electron chi connectivity index (χ3n) is 4.46. The molecule has 0 N–H and O–H groups in total. The van der Waals surface area contributed by atoms with Gasteiger partial charge in [0.15, 0.2) is 0 Å². The topological polar surface area (TPSA) is 20.3 Å². The minimum atomic E-state index is 0.177. The number of rotatable bonds is 2. The van der Waals surface area contributed by atoms with Gasteiger partial charge >= 0.3 is 0 Å². The van der Waals surface area contributed by atoms with Crippen molar-refractivity contribution in [3.8, 4) is 0 Å². The quantitative estimate of drug-likeness (QED) is 0.681. The number of nitrogens with zero attached hydrogens (tertiary/aromatic N) is 1. The van der Waals surface area contributed by atoms with Gasteiger partial charge in [-0.15, -0.1) is 11.3 Å². The average Bonchev–Trinajstić information content (AvgIpc) is 3.22. The van der Waals surface area contributed by atoms with Crippen LogP contribution in [0.2, 0.25) is 0 Å². The van der Waals surface area contributed by atoms with Gasteiger partial charge in [-0.2, -0.15) is 0 Å². The molecule has 0 saturated carbocycles. The summed E-state index contributed by atoms with van der Waals surface area (Å²) < 4.78 is 1.18.